The van der Waals surface area contributed by atoms with Crippen LogP contribution in [-0.4, -0.2) is 13.2 Å². The molecule has 0 aliphatic rings. The van der Waals surface area contributed by atoms with Gasteiger partial charge in [0.25, 0.3) is 0 Å². The zero-order valence-electron chi connectivity index (χ0n) is 9.20. The van der Waals surface area contributed by atoms with Crippen LogP contribution < -0.4 is 5.73 Å². The van der Waals surface area contributed by atoms with Gasteiger partial charge >= 0.3 is 0 Å². The Labute approximate surface area is 104 Å². The van der Waals surface area contributed by atoms with E-state index in [2.05, 4.69) is 35.8 Å². The fraction of sp³-hybridized carbons (Fsp3) is 0.636. The monoisotopic (exact) mass is 291 g/mol. The molecule has 0 radical (unpaired) electrons. The lowest BCUT2D eigenvalue weighted by Crippen LogP contribution is -2.16. The van der Waals surface area contributed by atoms with Crippen LogP contribution in [0.2, 0.25) is 0 Å². The van der Waals surface area contributed by atoms with Gasteiger partial charge in [0.05, 0.1) is 3.79 Å². The van der Waals surface area contributed by atoms with E-state index in [1.54, 1.807) is 11.3 Å². The van der Waals surface area contributed by atoms with Gasteiger partial charge in [0, 0.05) is 18.0 Å². The van der Waals surface area contributed by atoms with Crippen LogP contribution in [0.4, 0.5) is 0 Å². The smallest absolute Gasteiger partial charge is 0.104 e. The van der Waals surface area contributed by atoms with Crippen LogP contribution in [0.5, 0.6) is 0 Å². The van der Waals surface area contributed by atoms with Gasteiger partial charge in [0.1, 0.15) is 6.10 Å². The highest BCUT2D eigenvalue weighted by molar-refractivity contribution is 9.11. The molecule has 4 heteroatoms. The van der Waals surface area contributed by atoms with Crippen molar-refractivity contribution in [3.05, 3.63) is 20.8 Å². The van der Waals surface area contributed by atoms with E-state index in [4.69, 9.17) is 10.5 Å². The van der Waals surface area contributed by atoms with Crippen LogP contribution >= 0.6 is 27.3 Å². The molecule has 1 unspecified atom stereocenters. The Kier molecular flexibility index (Phi) is 5.82. The molecule has 0 spiro atoms. The second-order valence-electron chi connectivity index (χ2n) is 3.92. The van der Waals surface area contributed by atoms with Crippen LogP contribution in [0.25, 0.3) is 0 Å². The van der Waals surface area contributed by atoms with Crippen molar-refractivity contribution in [2.45, 2.75) is 26.4 Å². The Hall–Kier alpha value is 0.1000. The van der Waals surface area contributed by atoms with E-state index in [1.807, 2.05) is 6.07 Å². The predicted octanol–water partition coefficient (Wildman–Crippen LogP) is 3.57. The SMILES string of the molecule is CC(C)CCOC(CN)c1ccc(Br)s1. The third-order valence-electron chi connectivity index (χ3n) is 2.14. The molecular weight excluding hydrogens is 274 g/mol. The highest BCUT2D eigenvalue weighted by atomic mass is 79.9. The minimum atomic E-state index is 0.0556. The van der Waals surface area contributed by atoms with Gasteiger partial charge < -0.3 is 10.5 Å². The first-order valence-electron chi connectivity index (χ1n) is 5.20. The number of nitrogens with two attached hydrogens (primary N) is 1. The fourth-order valence-electron chi connectivity index (χ4n) is 1.21. The van der Waals surface area contributed by atoms with Gasteiger partial charge in [-0.05, 0) is 40.4 Å². The van der Waals surface area contributed by atoms with Crippen LogP contribution in [0, 0.1) is 5.92 Å². The molecule has 0 fully saturated rings. The molecule has 15 heavy (non-hydrogen) atoms. The Morgan fingerprint density at radius 2 is 2.20 bits per heavy atom. The molecule has 1 heterocycles. The number of hydrogen-bond acceptors (Lipinski definition) is 3. The summed E-state index contributed by atoms with van der Waals surface area (Å²) < 4.78 is 6.89. The first kappa shape index (κ1) is 13.2. The van der Waals surface area contributed by atoms with E-state index in [1.165, 1.54) is 4.88 Å². The molecule has 2 nitrogen and oxygen atoms in total. The average molecular weight is 292 g/mol. The molecule has 0 aliphatic heterocycles. The normalized spacial score (nSPS) is 13.4. The molecule has 0 saturated carbocycles. The Balaban J connectivity index is 2.42. The highest BCUT2D eigenvalue weighted by Crippen LogP contribution is 2.28. The summed E-state index contributed by atoms with van der Waals surface area (Å²) in [5, 5.41) is 0. The topological polar surface area (TPSA) is 35.2 Å². The minimum Gasteiger partial charge on any atom is -0.371 e. The minimum absolute atomic E-state index is 0.0556. The highest BCUT2D eigenvalue weighted by Gasteiger charge is 2.12. The molecule has 1 rings (SSSR count). The number of ether oxygens (including phenoxy) is 1. The lowest BCUT2D eigenvalue weighted by atomic mass is 10.1. The van der Waals surface area contributed by atoms with E-state index < -0.39 is 0 Å². The third-order valence-corrected chi connectivity index (χ3v) is 3.86. The first-order valence-corrected chi connectivity index (χ1v) is 6.81. The van der Waals surface area contributed by atoms with Crippen LogP contribution in [0.3, 0.4) is 0 Å². The summed E-state index contributed by atoms with van der Waals surface area (Å²) in [5.74, 6) is 0.679. The van der Waals surface area contributed by atoms with Gasteiger partial charge in [0.15, 0.2) is 0 Å². The number of hydrogen-bond donors (Lipinski definition) is 1. The van der Waals surface area contributed by atoms with E-state index in [0.717, 1.165) is 16.8 Å². The van der Waals surface area contributed by atoms with Crippen molar-refractivity contribution in [2.75, 3.05) is 13.2 Å². The van der Waals surface area contributed by atoms with Crippen LogP contribution in [0.15, 0.2) is 15.9 Å². The summed E-state index contributed by atoms with van der Waals surface area (Å²) in [7, 11) is 0. The van der Waals surface area contributed by atoms with Gasteiger partial charge in [-0.2, -0.15) is 0 Å². The molecule has 1 aromatic heterocycles. The molecule has 86 valence electrons. The van der Waals surface area contributed by atoms with Gasteiger partial charge in [-0.1, -0.05) is 13.8 Å². The fourth-order valence-corrected chi connectivity index (χ4v) is 2.70. The molecule has 1 aromatic rings. The van der Waals surface area contributed by atoms with E-state index in [0.29, 0.717) is 12.5 Å². The Morgan fingerprint density at radius 1 is 1.47 bits per heavy atom. The largest absolute Gasteiger partial charge is 0.371 e. The summed E-state index contributed by atoms with van der Waals surface area (Å²) in [5.41, 5.74) is 5.70. The van der Waals surface area contributed by atoms with Crippen LogP contribution in [0.1, 0.15) is 31.2 Å². The van der Waals surface area contributed by atoms with Crippen molar-refractivity contribution in [2.24, 2.45) is 11.7 Å². The zero-order chi connectivity index (χ0) is 11.3. The summed E-state index contributed by atoms with van der Waals surface area (Å²) in [6.07, 6.45) is 1.14. The second-order valence-corrected chi connectivity index (χ2v) is 6.41. The quantitative estimate of drug-likeness (QED) is 0.870. The van der Waals surface area contributed by atoms with Crippen molar-refractivity contribution in [1.82, 2.24) is 0 Å². The zero-order valence-corrected chi connectivity index (χ0v) is 11.6. The standard InChI is InChI=1S/C11H18BrNOS/c1-8(2)5-6-14-9(7-13)10-3-4-11(12)15-10/h3-4,8-9H,5-7,13H2,1-2H3. The predicted molar refractivity (Wildman–Crippen MR) is 69.2 cm³/mol. The summed E-state index contributed by atoms with van der Waals surface area (Å²) in [6, 6.07) is 4.11. The molecule has 0 aromatic carbocycles. The van der Waals surface area contributed by atoms with Crippen LogP contribution in [-0.2, 0) is 4.74 Å². The van der Waals surface area contributed by atoms with Gasteiger partial charge in [-0.15, -0.1) is 11.3 Å². The van der Waals surface area contributed by atoms with Gasteiger partial charge in [0.2, 0.25) is 0 Å². The van der Waals surface area contributed by atoms with E-state index in [9.17, 15) is 0 Å². The Bertz CT molecular complexity index is 288. The summed E-state index contributed by atoms with van der Waals surface area (Å²) in [6.45, 7) is 5.73. The van der Waals surface area contributed by atoms with E-state index in [-0.39, 0.29) is 6.10 Å². The molecule has 2 N–H and O–H groups in total. The first-order chi connectivity index (χ1) is 7.13. The molecule has 0 bridgehead atoms. The second kappa shape index (κ2) is 6.63. The summed E-state index contributed by atoms with van der Waals surface area (Å²) >= 11 is 5.13. The van der Waals surface area contributed by atoms with Crippen molar-refractivity contribution in [3.8, 4) is 0 Å². The van der Waals surface area contributed by atoms with Gasteiger partial charge in [-0.25, -0.2) is 0 Å². The van der Waals surface area contributed by atoms with Crippen molar-refractivity contribution in [1.29, 1.82) is 0 Å². The lowest BCUT2D eigenvalue weighted by molar-refractivity contribution is 0.0538. The number of thiophene rings is 1. The molecule has 1 atom stereocenters. The lowest BCUT2D eigenvalue weighted by Gasteiger charge is -2.15. The molecule has 0 saturated heterocycles. The van der Waals surface area contributed by atoms with Gasteiger partial charge in [-0.3, -0.25) is 0 Å². The summed E-state index contributed by atoms with van der Waals surface area (Å²) in [4.78, 5) is 1.20. The molecule has 0 amide bonds. The van der Waals surface area contributed by atoms with Crippen molar-refractivity contribution < 1.29 is 4.74 Å². The maximum absolute atomic E-state index is 5.77. The van der Waals surface area contributed by atoms with E-state index >= 15 is 0 Å². The van der Waals surface area contributed by atoms with Crippen molar-refractivity contribution in [3.63, 3.8) is 0 Å². The Morgan fingerprint density at radius 3 is 2.67 bits per heavy atom. The molecular formula is C11H18BrNOS. The average Bonchev–Trinajstić information content (AvgIpc) is 2.59. The molecule has 0 aliphatic carbocycles. The third kappa shape index (κ3) is 4.64. The number of rotatable bonds is 6. The van der Waals surface area contributed by atoms with Crippen molar-refractivity contribution >= 4 is 27.3 Å². The maximum Gasteiger partial charge on any atom is 0.104 e. The number of halogens is 1. The maximum atomic E-state index is 5.77.